The van der Waals surface area contributed by atoms with Gasteiger partial charge in [0.25, 0.3) is 0 Å². The lowest BCUT2D eigenvalue weighted by Gasteiger charge is -2.34. The van der Waals surface area contributed by atoms with Gasteiger partial charge in [-0.3, -0.25) is 0 Å². The third-order valence-corrected chi connectivity index (χ3v) is 10.1. The van der Waals surface area contributed by atoms with Crippen LogP contribution in [0.3, 0.4) is 0 Å². The molecule has 10 heteroatoms. The van der Waals surface area contributed by atoms with E-state index in [0.29, 0.717) is 0 Å². The number of benzene rings is 2. The maximum Gasteiger partial charge on any atom is 0.139 e. The Morgan fingerprint density at radius 3 is 1.60 bits per heavy atom. The predicted molar refractivity (Wildman–Crippen MR) is 183 cm³/mol. The number of amidine groups is 2. The van der Waals surface area contributed by atoms with Crippen molar-refractivity contribution in [1.82, 2.24) is 20.0 Å². The number of aryl methyl sites for hydroxylation is 2. The summed E-state index contributed by atoms with van der Waals surface area (Å²) in [5.74, 6) is 2.22. The molecule has 0 amide bonds. The number of piperazine rings is 2. The minimum absolute atomic E-state index is 1.01. The van der Waals surface area contributed by atoms with E-state index in [2.05, 4.69) is 106 Å². The highest BCUT2D eigenvalue weighted by molar-refractivity contribution is 7.17. The standard InChI is InChI=1S/C17H20N4S.C16H18N4S/c1-12-11-13-16(21-9-7-20(2)8-10-21)18-14-5-3-4-6-15(14)19-17(13)22-12;1-11-10-12-15(20-8-6-17-7-9-20)18-13-4-2-3-5-14(13)19-16(12)21-11/h3-6,11,19H,7-10H2,1-2H3;2-5,10,17,19H,6-9H2,1H3. The molecule has 0 unspecified atom stereocenters. The summed E-state index contributed by atoms with van der Waals surface area (Å²) in [6.45, 7) is 12.6. The third kappa shape index (κ3) is 5.92. The number of fused-ring (bicyclic) bond motifs is 4. The van der Waals surface area contributed by atoms with Gasteiger partial charge in [0.05, 0.1) is 33.9 Å². The Labute approximate surface area is 261 Å². The summed E-state index contributed by atoms with van der Waals surface area (Å²) < 4.78 is 0. The highest BCUT2D eigenvalue weighted by Gasteiger charge is 2.26. The average Bonchev–Trinajstić information content (AvgIpc) is 3.48. The molecule has 2 saturated heterocycles. The van der Waals surface area contributed by atoms with Crippen LogP contribution in [0.4, 0.5) is 32.8 Å². The number of aliphatic imine (C=N–C) groups is 2. The van der Waals surface area contributed by atoms with Gasteiger partial charge in [0.2, 0.25) is 0 Å². The molecule has 0 radical (unpaired) electrons. The number of hydrogen-bond acceptors (Lipinski definition) is 10. The van der Waals surface area contributed by atoms with Crippen molar-refractivity contribution in [3.8, 4) is 0 Å². The largest absolute Gasteiger partial charge is 0.353 e. The lowest BCUT2D eigenvalue weighted by molar-refractivity contribution is 0.216. The van der Waals surface area contributed by atoms with E-state index in [1.165, 1.54) is 30.9 Å². The number of anilines is 4. The van der Waals surface area contributed by atoms with Crippen LogP contribution in [-0.4, -0.2) is 85.8 Å². The van der Waals surface area contributed by atoms with Crippen molar-refractivity contribution in [2.75, 3.05) is 70.0 Å². The van der Waals surface area contributed by atoms with Gasteiger partial charge in [0.15, 0.2) is 0 Å². The first-order chi connectivity index (χ1) is 21.0. The van der Waals surface area contributed by atoms with Crippen LogP contribution < -0.4 is 16.0 Å². The molecule has 0 spiro atoms. The number of nitrogens with one attached hydrogen (secondary N) is 3. The first kappa shape index (κ1) is 28.1. The van der Waals surface area contributed by atoms with Crippen molar-refractivity contribution in [3.05, 3.63) is 81.5 Å². The topological polar surface area (TPSA) is 70.5 Å². The summed E-state index contributed by atoms with van der Waals surface area (Å²) in [4.78, 5) is 19.8. The van der Waals surface area contributed by atoms with Gasteiger partial charge in [-0.05, 0) is 57.3 Å². The van der Waals surface area contributed by atoms with Gasteiger partial charge in [-0.1, -0.05) is 24.3 Å². The van der Waals surface area contributed by atoms with Crippen LogP contribution in [0.15, 0.2) is 70.6 Å². The molecule has 0 aliphatic carbocycles. The van der Waals surface area contributed by atoms with E-state index in [9.17, 15) is 0 Å². The Morgan fingerprint density at radius 2 is 1.09 bits per heavy atom. The van der Waals surface area contributed by atoms with Crippen LogP contribution in [0, 0.1) is 13.8 Å². The van der Waals surface area contributed by atoms with Gasteiger partial charge in [0, 0.05) is 62.1 Å². The second-order valence-corrected chi connectivity index (χ2v) is 13.9. The number of nitrogens with zero attached hydrogens (tertiary/aromatic N) is 5. The highest BCUT2D eigenvalue weighted by atomic mass is 32.1. The van der Waals surface area contributed by atoms with E-state index in [1.54, 1.807) is 22.7 Å². The van der Waals surface area contributed by atoms with Gasteiger partial charge >= 0.3 is 0 Å². The molecule has 8 rings (SSSR count). The number of likely N-dealkylation sites (N-methyl/N-ethyl adjacent to an activating group) is 1. The fourth-order valence-electron chi connectivity index (χ4n) is 5.87. The van der Waals surface area contributed by atoms with E-state index in [-0.39, 0.29) is 0 Å². The van der Waals surface area contributed by atoms with Gasteiger partial charge in [-0.2, -0.15) is 0 Å². The Morgan fingerprint density at radius 1 is 0.628 bits per heavy atom. The van der Waals surface area contributed by atoms with Crippen molar-refractivity contribution in [3.63, 3.8) is 0 Å². The van der Waals surface area contributed by atoms with Crippen LogP contribution >= 0.6 is 22.7 Å². The SMILES string of the molecule is Cc1cc2c(s1)Nc1ccccc1N=C2N1CCN(C)CC1.Cc1cc2c(s1)Nc1ccccc1N=C2N1CCNCC1. The summed E-state index contributed by atoms with van der Waals surface area (Å²) in [5, 5.41) is 12.9. The zero-order valence-electron chi connectivity index (χ0n) is 25.0. The van der Waals surface area contributed by atoms with Gasteiger partial charge in [-0.25, -0.2) is 9.98 Å². The minimum Gasteiger partial charge on any atom is -0.353 e. The average molecular weight is 611 g/mol. The summed E-state index contributed by atoms with van der Waals surface area (Å²) in [7, 11) is 2.18. The fourth-order valence-corrected chi connectivity index (χ4v) is 7.71. The zero-order chi connectivity index (χ0) is 29.3. The summed E-state index contributed by atoms with van der Waals surface area (Å²) in [6.07, 6.45) is 0. The molecule has 6 heterocycles. The second-order valence-electron chi connectivity index (χ2n) is 11.4. The molecule has 2 fully saturated rings. The summed E-state index contributed by atoms with van der Waals surface area (Å²) in [5.41, 5.74) is 6.70. The monoisotopic (exact) mass is 610 g/mol. The first-order valence-electron chi connectivity index (χ1n) is 15.0. The molecule has 4 aliphatic rings. The Bertz CT molecular complexity index is 1670. The van der Waals surface area contributed by atoms with E-state index in [0.717, 1.165) is 86.8 Å². The maximum absolute atomic E-state index is 5.01. The van der Waals surface area contributed by atoms with Crippen molar-refractivity contribution in [2.24, 2.45) is 9.98 Å². The minimum atomic E-state index is 1.01. The Hall–Kier alpha value is -3.70. The molecule has 222 valence electrons. The lowest BCUT2D eigenvalue weighted by Crippen LogP contribution is -2.47. The molecule has 2 aromatic carbocycles. The third-order valence-electron chi connectivity index (χ3n) is 8.17. The van der Waals surface area contributed by atoms with Gasteiger partial charge in [0.1, 0.15) is 21.7 Å². The van der Waals surface area contributed by atoms with E-state index >= 15 is 0 Å². The number of hydrogen-bond donors (Lipinski definition) is 3. The van der Waals surface area contributed by atoms with Gasteiger partial charge in [-0.15, -0.1) is 22.7 Å². The maximum atomic E-state index is 5.01. The smallest absolute Gasteiger partial charge is 0.139 e. The number of rotatable bonds is 0. The molecule has 43 heavy (non-hydrogen) atoms. The first-order valence-corrected chi connectivity index (χ1v) is 16.7. The molecule has 0 saturated carbocycles. The molecule has 3 N–H and O–H groups in total. The lowest BCUT2D eigenvalue weighted by atomic mass is 10.2. The van der Waals surface area contributed by atoms with Crippen molar-refractivity contribution >= 4 is 67.1 Å². The Balaban J connectivity index is 0.000000140. The highest BCUT2D eigenvalue weighted by Crippen LogP contribution is 2.40. The normalized spacial score (nSPS) is 17.7. The number of para-hydroxylation sites is 4. The van der Waals surface area contributed by atoms with Crippen LogP contribution in [0.2, 0.25) is 0 Å². The molecule has 2 aromatic heterocycles. The molecular weight excluding hydrogens is 573 g/mol. The van der Waals surface area contributed by atoms with E-state index < -0.39 is 0 Å². The molecule has 4 aliphatic heterocycles. The van der Waals surface area contributed by atoms with Crippen molar-refractivity contribution in [2.45, 2.75) is 13.8 Å². The molecule has 8 nitrogen and oxygen atoms in total. The summed E-state index contributed by atoms with van der Waals surface area (Å²) >= 11 is 3.61. The van der Waals surface area contributed by atoms with Crippen LogP contribution in [0.25, 0.3) is 0 Å². The fraction of sp³-hybridized carbons (Fsp3) is 0.333. The summed E-state index contributed by atoms with van der Waals surface area (Å²) in [6, 6.07) is 21.1. The predicted octanol–water partition coefficient (Wildman–Crippen LogP) is 6.54. The molecule has 0 atom stereocenters. The second kappa shape index (κ2) is 12.1. The van der Waals surface area contributed by atoms with Gasteiger partial charge < -0.3 is 30.7 Å². The van der Waals surface area contributed by atoms with Crippen LogP contribution in [-0.2, 0) is 0 Å². The molecule has 0 bridgehead atoms. The van der Waals surface area contributed by atoms with Crippen LogP contribution in [0.1, 0.15) is 20.9 Å². The van der Waals surface area contributed by atoms with Crippen LogP contribution in [0.5, 0.6) is 0 Å². The molecular formula is C33H38N8S2. The van der Waals surface area contributed by atoms with Crippen molar-refractivity contribution < 1.29 is 0 Å². The zero-order valence-corrected chi connectivity index (χ0v) is 26.6. The van der Waals surface area contributed by atoms with E-state index in [4.69, 9.17) is 9.98 Å². The van der Waals surface area contributed by atoms with Crippen molar-refractivity contribution in [1.29, 1.82) is 0 Å². The molecule has 4 aromatic rings. The number of thiophene rings is 2. The van der Waals surface area contributed by atoms with E-state index in [1.807, 2.05) is 6.07 Å². The Kier molecular flexibility index (Phi) is 7.92. The quantitative estimate of drug-likeness (QED) is 0.210.